The van der Waals surface area contributed by atoms with Crippen molar-refractivity contribution >= 4 is 11.9 Å². The largest absolute Gasteiger partial charge is 0.324 e. The van der Waals surface area contributed by atoms with Crippen LogP contribution in [0.4, 0.5) is 5.95 Å². The molecule has 0 atom stereocenters. The van der Waals surface area contributed by atoms with E-state index in [4.69, 9.17) is 0 Å². The lowest BCUT2D eigenvalue weighted by molar-refractivity contribution is -0.117. The molecule has 1 heterocycles. The molecule has 0 saturated heterocycles. The highest BCUT2D eigenvalue weighted by Gasteiger charge is 2.30. The van der Waals surface area contributed by atoms with Gasteiger partial charge < -0.3 is 4.98 Å². The van der Waals surface area contributed by atoms with E-state index in [1.807, 2.05) is 0 Å². The molecule has 1 aliphatic carbocycles. The third kappa shape index (κ3) is 2.52. The van der Waals surface area contributed by atoms with Crippen molar-refractivity contribution < 1.29 is 4.79 Å². The van der Waals surface area contributed by atoms with E-state index in [0.29, 0.717) is 5.95 Å². The van der Waals surface area contributed by atoms with Gasteiger partial charge in [-0.3, -0.25) is 10.1 Å². The van der Waals surface area contributed by atoms with E-state index in [0.717, 1.165) is 24.1 Å². The van der Waals surface area contributed by atoms with Gasteiger partial charge in [-0.25, -0.2) is 4.98 Å². The van der Waals surface area contributed by atoms with Gasteiger partial charge in [-0.1, -0.05) is 23.8 Å². The van der Waals surface area contributed by atoms with E-state index >= 15 is 0 Å². The minimum absolute atomic E-state index is 0.0709. The molecule has 1 aromatic carbocycles. The second-order valence-corrected chi connectivity index (χ2v) is 5.23. The van der Waals surface area contributed by atoms with Crippen molar-refractivity contribution in [2.45, 2.75) is 26.7 Å². The summed E-state index contributed by atoms with van der Waals surface area (Å²) in [7, 11) is 0. The number of aromatic nitrogens is 2. The highest BCUT2D eigenvalue weighted by molar-refractivity contribution is 5.92. The topological polar surface area (TPSA) is 57.8 Å². The Balaban J connectivity index is 1.81. The van der Waals surface area contributed by atoms with Crippen molar-refractivity contribution in [3.63, 3.8) is 0 Å². The van der Waals surface area contributed by atoms with Crippen molar-refractivity contribution in [1.29, 1.82) is 0 Å². The molecule has 98 valence electrons. The van der Waals surface area contributed by atoms with Crippen molar-refractivity contribution in [2.75, 3.05) is 5.32 Å². The second kappa shape index (κ2) is 4.53. The Morgan fingerprint density at radius 2 is 2.16 bits per heavy atom. The molecule has 2 N–H and O–H groups in total. The van der Waals surface area contributed by atoms with Gasteiger partial charge in [0.2, 0.25) is 11.9 Å². The predicted molar refractivity (Wildman–Crippen MR) is 74.9 cm³/mol. The van der Waals surface area contributed by atoms with Gasteiger partial charge in [0.05, 0.1) is 11.9 Å². The van der Waals surface area contributed by atoms with Crippen LogP contribution < -0.4 is 5.32 Å². The number of amides is 1. The third-order valence-corrected chi connectivity index (χ3v) is 3.44. The fourth-order valence-electron chi connectivity index (χ4n) is 2.20. The summed E-state index contributed by atoms with van der Waals surface area (Å²) in [6.45, 7) is 4.15. The lowest BCUT2D eigenvalue weighted by atomic mass is 10.0. The highest BCUT2D eigenvalue weighted by atomic mass is 16.2. The number of hydrogen-bond donors (Lipinski definition) is 2. The van der Waals surface area contributed by atoms with Crippen LogP contribution in [-0.2, 0) is 4.79 Å². The Kier molecular flexibility index (Phi) is 2.85. The molecule has 2 aromatic rings. The molecule has 0 unspecified atom stereocenters. The number of imidazole rings is 1. The summed E-state index contributed by atoms with van der Waals surface area (Å²) < 4.78 is 0. The van der Waals surface area contributed by atoms with Gasteiger partial charge in [-0.2, -0.15) is 0 Å². The summed E-state index contributed by atoms with van der Waals surface area (Å²) in [5.41, 5.74) is 4.49. The number of carbonyl (C=O) groups is 1. The standard InChI is InChI=1S/C15H17N3O/c1-9-3-6-12(10(2)7-9)13-8-16-15(17-13)18-14(19)11-4-5-11/h3,6-8,11H,4-5H2,1-2H3,(H2,16,17,18,19). The molecule has 0 bridgehead atoms. The Labute approximate surface area is 112 Å². The maximum atomic E-state index is 11.7. The summed E-state index contributed by atoms with van der Waals surface area (Å²) >= 11 is 0. The molecule has 4 nitrogen and oxygen atoms in total. The van der Waals surface area contributed by atoms with Crippen molar-refractivity contribution in [1.82, 2.24) is 9.97 Å². The van der Waals surface area contributed by atoms with Gasteiger partial charge in [-0.15, -0.1) is 0 Å². The number of anilines is 1. The van der Waals surface area contributed by atoms with Crippen LogP contribution in [0.25, 0.3) is 11.3 Å². The highest BCUT2D eigenvalue weighted by Crippen LogP contribution is 2.30. The smallest absolute Gasteiger partial charge is 0.229 e. The van der Waals surface area contributed by atoms with E-state index in [2.05, 4.69) is 47.3 Å². The van der Waals surface area contributed by atoms with Crippen LogP contribution in [0.1, 0.15) is 24.0 Å². The van der Waals surface area contributed by atoms with Gasteiger partial charge in [0.25, 0.3) is 0 Å². The first-order chi connectivity index (χ1) is 9.13. The molecule has 1 aromatic heterocycles. The van der Waals surface area contributed by atoms with Gasteiger partial charge >= 0.3 is 0 Å². The fraction of sp³-hybridized carbons (Fsp3) is 0.333. The van der Waals surface area contributed by atoms with Gasteiger partial charge in [-0.05, 0) is 32.3 Å². The Bertz CT molecular complexity index is 626. The zero-order valence-electron chi connectivity index (χ0n) is 11.2. The third-order valence-electron chi connectivity index (χ3n) is 3.44. The maximum absolute atomic E-state index is 11.7. The number of aromatic amines is 1. The van der Waals surface area contributed by atoms with Crippen LogP contribution in [-0.4, -0.2) is 15.9 Å². The van der Waals surface area contributed by atoms with Crippen molar-refractivity contribution in [3.05, 3.63) is 35.5 Å². The number of hydrogen-bond acceptors (Lipinski definition) is 2. The average molecular weight is 255 g/mol. The molecular weight excluding hydrogens is 238 g/mol. The van der Waals surface area contributed by atoms with Crippen LogP contribution in [0.3, 0.4) is 0 Å². The quantitative estimate of drug-likeness (QED) is 0.885. The van der Waals surface area contributed by atoms with Gasteiger partial charge in [0, 0.05) is 11.5 Å². The monoisotopic (exact) mass is 255 g/mol. The molecule has 4 heteroatoms. The summed E-state index contributed by atoms with van der Waals surface area (Å²) in [6, 6.07) is 6.29. The summed E-state index contributed by atoms with van der Waals surface area (Å²) in [5, 5.41) is 2.82. The van der Waals surface area contributed by atoms with Crippen molar-refractivity contribution in [3.8, 4) is 11.3 Å². The van der Waals surface area contributed by atoms with E-state index in [1.165, 1.54) is 11.1 Å². The van der Waals surface area contributed by atoms with Crippen molar-refractivity contribution in [2.24, 2.45) is 5.92 Å². The van der Waals surface area contributed by atoms with E-state index in [1.54, 1.807) is 6.20 Å². The van der Waals surface area contributed by atoms with Crippen LogP contribution in [0.15, 0.2) is 24.4 Å². The fourth-order valence-corrected chi connectivity index (χ4v) is 2.20. The SMILES string of the molecule is Cc1ccc(-c2cnc(NC(=O)C3CC3)[nH]2)c(C)c1. The average Bonchev–Trinajstić information content (AvgIpc) is 3.11. The number of nitrogens with zero attached hydrogens (tertiary/aromatic N) is 1. The molecule has 1 fully saturated rings. The van der Waals surface area contributed by atoms with E-state index in [9.17, 15) is 4.79 Å². The number of H-pyrrole nitrogens is 1. The van der Waals surface area contributed by atoms with E-state index in [-0.39, 0.29) is 11.8 Å². The lowest BCUT2D eigenvalue weighted by Gasteiger charge is -2.04. The molecule has 1 saturated carbocycles. The minimum Gasteiger partial charge on any atom is -0.324 e. The van der Waals surface area contributed by atoms with Gasteiger partial charge in [0.1, 0.15) is 0 Å². The molecule has 1 amide bonds. The number of rotatable bonds is 3. The second-order valence-electron chi connectivity index (χ2n) is 5.23. The summed E-state index contributed by atoms with van der Waals surface area (Å²) in [4.78, 5) is 19.0. The molecule has 0 radical (unpaired) electrons. The van der Waals surface area contributed by atoms with Crippen LogP contribution in [0.5, 0.6) is 0 Å². The van der Waals surface area contributed by atoms with E-state index < -0.39 is 0 Å². The Morgan fingerprint density at radius 3 is 2.84 bits per heavy atom. The molecule has 0 spiro atoms. The molecule has 3 rings (SSSR count). The first-order valence-electron chi connectivity index (χ1n) is 6.57. The number of carbonyl (C=O) groups excluding carboxylic acids is 1. The number of benzene rings is 1. The zero-order chi connectivity index (χ0) is 13.4. The zero-order valence-corrected chi connectivity index (χ0v) is 11.2. The molecule has 1 aliphatic rings. The molecule has 19 heavy (non-hydrogen) atoms. The van der Waals surface area contributed by atoms with Gasteiger partial charge in [0.15, 0.2) is 0 Å². The van der Waals surface area contributed by atoms with Crippen LogP contribution >= 0.6 is 0 Å². The van der Waals surface area contributed by atoms with Crippen LogP contribution in [0, 0.1) is 19.8 Å². The predicted octanol–water partition coefficient (Wildman–Crippen LogP) is 3.04. The Morgan fingerprint density at radius 1 is 1.37 bits per heavy atom. The first kappa shape index (κ1) is 12.0. The number of nitrogens with one attached hydrogen (secondary N) is 2. The molecular formula is C15H17N3O. The Hall–Kier alpha value is -2.10. The molecule has 0 aliphatic heterocycles. The summed E-state index contributed by atoms with van der Waals surface area (Å²) in [6.07, 6.45) is 3.76. The normalized spacial score (nSPS) is 14.4. The first-order valence-corrected chi connectivity index (χ1v) is 6.57. The maximum Gasteiger partial charge on any atom is 0.229 e. The minimum atomic E-state index is 0.0709. The number of aryl methyl sites for hydroxylation is 2. The van der Waals surface area contributed by atoms with Crippen LogP contribution in [0.2, 0.25) is 0 Å². The lowest BCUT2D eigenvalue weighted by Crippen LogP contribution is -2.14. The summed E-state index contributed by atoms with van der Waals surface area (Å²) in [5.74, 6) is 0.795.